The van der Waals surface area contributed by atoms with Crippen molar-refractivity contribution in [2.24, 2.45) is 0 Å². The molecule has 0 bridgehead atoms. The predicted octanol–water partition coefficient (Wildman–Crippen LogP) is 0.747. The number of hydrogen-bond acceptors (Lipinski definition) is 3. The standard InChI is InChI=1S/C7H8N2OS/c10-6-3-5(4-9-6)7-8-1-2-11-7/h1-2,5H,3-4H2,(H,9,10)/t5-/m0/s1. The van der Waals surface area contributed by atoms with E-state index >= 15 is 0 Å². The van der Waals surface area contributed by atoms with E-state index < -0.39 is 0 Å². The number of aromatic nitrogens is 1. The summed E-state index contributed by atoms with van der Waals surface area (Å²) in [4.78, 5) is 15.0. The van der Waals surface area contributed by atoms with E-state index in [4.69, 9.17) is 0 Å². The van der Waals surface area contributed by atoms with Crippen LogP contribution in [0.1, 0.15) is 17.3 Å². The first kappa shape index (κ1) is 6.79. The second-order valence-corrected chi connectivity index (χ2v) is 3.50. The average molecular weight is 168 g/mol. The Morgan fingerprint density at radius 3 is 3.18 bits per heavy atom. The highest BCUT2D eigenvalue weighted by Crippen LogP contribution is 2.24. The Balaban J connectivity index is 2.13. The number of rotatable bonds is 1. The average Bonchev–Trinajstić information content (AvgIpc) is 2.55. The topological polar surface area (TPSA) is 42.0 Å². The zero-order valence-electron chi connectivity index (χ0n) is 5.91. The molecule has 3 nitrogen and oxygen atoms in total. The molecule has 2 heterocycles. The number of thiazole rings is 1. The Labute approximate surface area is 68.5 Å². The molecule has 0 aliphatic carbocycles. The molecule has 0 saturated carbocycles. The van der Waals surface area contributed by atoms with E-state index in [0.29, 0.717) is 12.3 Å². The molecule has 0 unspecified atom stereocenters. The van der Waals surface area contributed by atoms with Crippen LogP contribution in [0.2, 0.25) is 0 Å². The van der Waals surface area contributed by atoms with Crippen LogP contribution in [0.15, 0.2) is 11.6 Å². The van der Waals surface area contributed by atoms with Gasteiger partial charge in [-0.1, -0.05) is 0 Å². The molecule has 0 radical (unpaired) electrons. The van der Waals surface area contributed by atoms with Gasteiger partial charge in [-0.15, -0.1) is 11.3 Å². The minimum absolute atomic E-state index is 0.144. The van der Waals surface area contributed by atoms with Gasteiger partial charge in [0.15, 0.2) is 0 Å². The van der Waals surface area contributed by atoms with Crippen molar-refractivity contribution in [1.29, 1.82) is 0 Å². The third-order valence-electron chi connectivity index (χ3n) is 1.78. The summed E-state index contributed by atoms with van der Waals surface area (Å²) in [5.74, 6) is 0.465. The molecule has 1 aromatic rings. The third-order valence-corrected chi connectivity index (χ3v) is 2.72. The van der Waals surface area contributed by atoms with E-state index in [2.05, 4.69) is 10.3 Å². The largest absolute Gasteiger partial charge is 0.355 e. The quantitative estimate of drug-likeness (QED) is 0.672. The minimum atomic E-state index is 0.144. The Morgan fingerprint density at radius 2 is 2.64 bits per heavy atom. The Kier molecular flexibility index (Phi) is 1.62. The molecule has 11 heavy (non-hydrogen) atoms. The maximum Gasteiger partial charge on any atom is 0.220 e. The summed E-state index contributed by atoms with van der Waals surface area (Å²) in [6, 6.07) is 0. The lowest BCUT2D eigenvalue weighted by molar-refractivity contribution is -0.119. The molecule has 58 valence electrons. The van der Waals surface area contributed by atoms with Crippen molar-refractivity contribution in [3.8, 4) is 0 Å². The van der Waals surface area contributed by atoms with Crippen LogP contribution in [0, 0.1) is 0 Å². The predicted molar refractivity (Wildman–Crippen MR) is 42.5 cm³/mol. The van der Waals surface area contributed by atoms with E-state index in [0.717, 1.165) is 11.6 Å². The number of nitrogens with zero attached hydrogens (tertiary/aromatic N) is 1. The van der Waals surface area contributed by atoms with Crippen LogP contribution >= 0.6 is 11.3 Å². The lowest BCUT2D eigenvalue weighted by Gasteiger charge is -1.99. The molecule has 2 rings (SSSR count). The van der Waals surface area contributed by atoms with Gasteiger partial charge in [-0.25, -0.2) is 4.98 Å². The van der Waals surface area contributed by atoms with E-state index in [1.165, 1.54) is 0 Å². The molecular formula is C7H8N2OS. The zero-order valence-corrected chi connectivity index (χ0v) is 6.73. The van der Waals surface area contributed by atoms with Gasteiger partial charge in [0.2, 0.25) is 5.91 Å². The monoisotopic (exact) mass is 168 g/mol. The Bertz CT molecular complexity index is 257. The molecular weight excluding hydrogens is 160 g/mol. The molecule has 1 aliphatic heterocycles. The number of carbonyl (C=O) groups excluding carboxylic acids is 1. The van der Waals surface area contributed by atoms with Gasteiger partial charge in [0.1, 0.15) is 0 Å². The van der Waals surface area contributed by atoms with Gasteiger partial charge in [0.05, 0.1) is 5.01 Å². The number of carbonyl (C=O) groups is 1. The smallest absolute Gasteiger partial charge is 0.220 e. The highest BCUT2D eigenvalue weighted by molar-refractivity contribution is 7.09. The third kappa shape index (κ3) is 1.26. The van der Waals surface area contributed by atoms with Gasteiger partial charge in [-0.3, -0.25) is 4.79 Å². The summed E-state index contributed by atoms with van der Waals surface area (Å²) in [6.07, 6.45) is 2.39. The molecule has 1 aliphatic rings. The fraction of sp³-hybridized carbons (Fsp3) is 0.429. The molecule has 0 spiro atoms. The SMILES string of the molecule is O=C1C[C@H](c2nccs2)CN1. The van der Waals surface area contributed by atoms with Gasteiger partial charge >= 0.3 is 0 Å². The van der Waals surface area contributed by atoms with Gasteiger partial charge < -0.3 is 5.32 Å². The van der Waals surface area contributed by atoms with Gasteiger partial charge in [0.25, 0.3) is 0 Å². The highest BCUT2D eigenvalue weighted by Gasteiger charge is 2.24. The van der Waals surface area contributed by atoms with E-state index in [-0.39, 0.29) is 5.91 Å². The van der Waals surface area contributed by atoms with Crippen LogP contribution in [0.3, 0.4) is 0 Å². The molecule has 1 fully saturated rings. The number of nitrogens with one attached hydrogen (secondary N) is 1. The molecule has 0 aromatic carbocycles. The minimum Gasteiger partial charge on any atom is -0.355 e. The first-order valence-corrected chi connectivity index (χ1v) is 4.40. The first-order valence-electron chi connectivity index (χ1n) is 3.52. The lowest BCUT2D eigenvalue weighted by atomic mass is 10.1. The summed E-state index contributed by atoms with van der Waals surface area (Å²) in [5, 5.41) is 5.80. The van der Waals surface area contributed by atoms with Crippen molar-refractivity contribution < 1.29 is 4.79 Å². The van der Waals surface area contributed by atoms with Crippen LogP contribution in [0.5, 0.6) is 0 Å². The summed E-state index contributed by atoms with van der Waals surface area (Å²) < 4.78 is 0. The second kappa shape index (κ2) is 2.62. The van der Waals surface area contributed by atoms with E-state index in [1.807, 2.05) is 5.38 Å². The molecule has 1 atom stereocenters. The summed E-state index contributed by atoms with van der Waals surface area (Å²) >= 11 is 1.62. The van der Waals surface area contributed by atoms with Gasteiger partial charge in [-0.2, -0.15) is 0 Å². The van der Waals surface area contributed by atoms with Crippen LogP contribution in [-0.2, 0) is 4.79 Å². The van der Waals surface area contributed by atoms with Gasteiger partial charge in [0, 0.05) is 30.5 Å². The molecule has 1 amide bonds. The number of amides is 1. The summed E-state index contributed by atoms with van der Waals surface area (Å²) in [6.45, 7) is 0.756. The maximum absolute atomic E-state index is 10.8. The van der Waals surface area contributed by atoms with Crippen molar-refractivity contribution in [2.75, 3.05) is 6.54 Å². The fourth-order valence-electron chi connectivity index (χ4n) is 1.22. The van der Waals surface area contributed by atoms with Crippen LogP contribution < -0.4 is 5.32 Å². The second-order valence-electron chi connectivity index (χ2n) is 2.58. The van der Waals surface area contributed by atoms with Crippen molar-refractivity contribution in [2.45, 2.75) is 12.3 Å². The molecule has 1 N–H and O–H groups in total. The van der Waals surface area contributed by atoms with E-state index in [1.54, 1.807) is 17.5 Å². The molecule has 1 saturated heterocycles. The van der Waals surface area contributed by atoms with Crippen LogP contribution in [0.25, 0.3) is 0 Å². The maximum atomic E-state index is 10.8. The fourth-order valence-corrected chi connectivity index (χ4v) is 1.96. The highest BCUT2D eigenvalue weighted by atomic mass is 32.1. The molecule has 4 heteroatoms. The number of hydrogen-bond donors (Lipinski definition) is 1. The normalized spacial score (nSPS) is 23.6. The van der Waals surface area contributed by atoms with Crippen molar-refractivity contribution in [1.82, 2.24) is 10.3 Å². The lowest BCUT2D eigenvalue weighted by Crippen LogP contribution is -2.13. The molecule has 1 aromatic heterocycles. The van der Waals surface area contributed by atoms with Crippen molar-refractivity contribution in [3.63, 3.8) is 0 Å². The summed E-state index contributed by atoms with van der Waals surface area (Å²) in [5.41, 5.74) is 0. The van der Waals surface area contributed by atoms with Crippen LogP contribution in [0.4, 0.5) is 0 Å². The zero-order chi connectivity index (χ0) is 7.68. The van der Waals surface area contributed by atoms with Gasteiger partial charge in [-0.05, 0) is 0 Å². The van der Waals surface area contributed by atoms with E-state index in [9.17, 15) is 4.79 Å². The Hall–Kier alpha value is -0.900. The van der Waals surface area contributed by atoms with Crippen LogP contribution in [-0.4, -0.2) is 17.4 Å². The summed E-state index contributed by atoms with van der Waals surface area (Å²) in [7, 11) is 0. The Morgan fingerprint density at radius 1 is 1.73 bits per heavy atom. The first-order chi connectivity index (χ1) is 5.36. The van der Waals surface area contributed by atoms with Crippen molar-refractivity contribution >= 4 is 17.2 Å². The van der Waals surface area contributed by atoms with Crippen molar-refractivity contribution in [3.05, 3.63) is 16.6 Å².